The Labute approximate surface area is 111 Å². The molecule has 0 saturated carbocycles. The molecule has 2 aliphatic heterocycles. The van der Waals surface area contributed by atoms with Gasteiger partial charge in [-0.2, -0.15) is 4.31 Å². The molecule has 0 bridgehead atoms. The first-order chi connectivity index (χ1) is 8.38. The van der Waals surface area contributed by atoms with E-state index in [-0.39, 0.29) is 6.04 Å². The molecule has 18 heavy (non-hydrogen) atoms. The Morgan fingerprint density at radius 3 is 2.67 bits per heavy atom. The molecule has 106 valence electrons. The van der Waals surface area contributed by atoms with E-state index in [2.05, 4.69) is 17.1 Å². The molecular formula is C12H25N3O2S. The molecule has 2 rings (SSSR count). The number of sulfonamides is 1. The highest BCUT2D eigenvalue weighted by Crippen LogP contribution is 2.27. The van der Waals surface area contributed by atoms with E-state index in [0.717, 1.165) is 32.6 Å². The molecule has 5 nitrogen and oxygen atoms in total. The van der Waals surface area contributed by atoms with Crippen LogP contribution in [0.5, 0.6) is 0 Å². The van der Waals surface area contributed by atoms with Gasteiger partial charge in [-0.1, -0.05) is 6.92 Å². The first-order valence-corrected chi connectivity index (χ1v) is 8.27. The molecule has 2 aliphatic rings. The summed E-state index contributed by atoms with van der Waals surface area (Å²) in [6.07, 6.45) is 0.961. The third kappa shape index (κ3) is 2.43. The SMILES string of the molecule is CCN1CCC(N2CCNCC(C)(C)S2(=O)=O)C1. The van der Waals surface area contributed by atoms with Crippen LogP contribution in [0.2, 0.25) is 0 Å². The second kappa shape index (κ2) is 5.07. The monoisotopic (exact) mass is 275 g/mol. The molecule has 1 atom stereocenters. The number of hydrogen-bond donors (Lipinski definition) is 1. The van der Waals surface area contributed by atoms with E-state index in [0.29, 0.717) is 13.1 Å². The summed E-state index contributed by atoms with van der Waals surface area (Å²) in [4.78, 5) is 2.32. The molecule has 6 heteroatoms. The summed E-state index contributed by atoms with van der Waals surface area (Å²) in [5, 5.41) is 3.24. The third-order valence-electron chi connectivity index (χ3n) is 4.17. The van der Waals surface area contributed by atoms with E-state index in [1.807, 2.05) is 13.8 Å². The molecular weight excluding hydrogens is 250 g/mol. The lowest BCUT2D eigenvalue weighted by Gasteiger charge is -2.33. The molecule has 2 saturated heterocycles. The number of likely N-dealkylation sites (N-methyl/N-ethyl adjacent to an activating group) is 1. The van der Waals surface area contributed by atoms with Crippen LogP contribution in [0.4, 0.5) is 0 Å². The molecule has 2 fully saturated rings. The van der Waals surface area contributed by atoms with Crippen LogP contribution in [-0.2, 0) is 10.0 Å². The van der Waals surface area contributed by atoms with Crippen LogP contribution in [0.25, 0.3) is 0 Å². The van der Waals surface area contributed by atoms with Gasteiger partial charge in [0.1, 0.15) is 0 Å². The highest BCUT2D eigenvalue weighted by atomic mass is 32.2. The van der Waals surface area contributed by atoms with Crippen molar-refractivity contribution in [2.24, 2.45) is 0 Å². The smallest absolute Gasteiger partial charge is 0.220 e. The summed E-state index contributed by atoms with van der Waals surface area (Å²) in [6, 6.07) is 0.161. The largest absolute Gasteiger partial charge is 0.314 e. The van der Waals surface area contributed by atoms with Gasteiger partial charge in [0.2, 0.25) is 10.0 Å². The minimum atomic E-state index is -3.21. The molecule has 2 heterocycles. The Bertz CT molecular complexity index is 394. The Kier molecular flexibility index (Phi) is 4.02. The van der Waals surface area contributed by atoms with Gasteiger partial charge in [0, 0.05) is 32.2 Å². The van der Waals surface area contributed by atoms with E-state index < -0.39 is 14.8 Å². The fourth-order valence-electron chi connectivity index (χ4n) is 2.82. The first-order valence-electron chi connectivity index (χ1n) is 6.83. The van der Waals surface area contributed by atoms with E-state index in [4.69, 9.17) is 0 Å². The van der Waals surface area contributed by atoms with Crippen molar-refractivity contribution in [3.63, 3.8) is 0 Å². The maximum absolute atomic E-state index is 12.7. The zero-order chi connectivity index (χ0) is 13.4. The number of nitrogens with one attached hydrogen (secondary N) is 1. The lowest BCUT2D eigenvalue weighted by atomic mass is 10.2. The molecule has 0 aliphatic carbocycles. The van der Waals surface area contributed by atoms with Crippen LogP contribution >= 0.6 is 0 Å². The van der Waals surface area contributed by atoms with Gasteiger partial charge in [-0.15, -0.1) is 0 Å². The Balaban J connectivity index is 2.21. The second-order valence-corrected chi connectivity index (χ2v) is 8.41. The molecule has 0 amide bonds. The van der Waals surface area contributed by atoms with Crippen molar-refractivity contribution in [3.8, 4) is 0 Å². The average molecular weight is 275 g/mol. The fourth-order valence-corrected chi connectivity index (χ4v) is 4.64. The number of hydrogen-bond acceptors (Lipinski definition) is 4. The van der Waals surface area contributed by atoms with Crippen LogP contribution in [0.3, 0.4) is 0 Å². The maximum Gasteiger partial charge on any atom is 0.220 e. The summed E-state index contributed by atoms with van der Waals surface area (Å²) in [6.45, 7) is 10.6. The van der Waals surface area contributed by atoms with Crippen LogP contribution in [0, 0.1) is 0 Å². The first kappa shape index (κ1) is 14.2. The van der Waals surface area contributed by atoms with Crippen LogP contribution in [0.15, 0.2) is 0 Å². The lowest BCUT2D eigenvalue weighted by Crippen LogP contribution is -2.50. The lowest BCUT2D eigenvalue weighted by molar-refractivity contribution is 0.294. The number of rotatable bonds is 2. The third-order valence-corrected chi connectivity index (χ3v) is 6.81. The van der Waals surface area contributed by atoms with Gasteiger partial charge in [0.25, 0.3) is 0 Å². The summed E-state index contributed by atoms with van der Waals surface area (Å²) < 4.78 is 26.5. The molecule has 1 N–H and O–H groups in total. The Hall–Kier alpha value is -0.170. The minimum Gasteiger partial charge on any atom is -0.314 e. The summed E-state index contributed by atoms with van der Waals surface area (Å²) in [5.41, 5.74) is 0. The predicted octanol–water partition coefficient (Wildman–Crippen LogP) is 0.0942. The highest BCUT2D eigenvalue weighted by molar-refractivity contribution is 7.90. The standard InChI is InChI=1S/C12H25N3O2S/c1-4-14-7-5-11(9-14)15-8-6-13-10-12(2,3)18(15,16)17/h11,13H,4-10H2,1-3H3. The summed E-state index contributed by atoms with van der Waals surface area (Å²) in [7, 11) is -3.21. The average Bonchev–Trinajstić information content (AvgIpc) is 2.72. The van der Waals surface area contributed by atoms with Crippen molar-refractivity contribution in [2.75, 3.05) is 39.3 Å². The zero-order valence-electron chi connectivity index (χ0n) is 11.6. The normalized spacial score (nSPS) is 33.4. The second-order valence-electron chi connectivity index (χ2n) is 5.89. The molecule has 0 aromatic carbocycles. The number of nitrogens with zero attached hydrogens (tertiary/aromatic N) is 2. The van der Waals surface area contributed by atoms with Crippen molar-refractivity contribution in [2.45, 2.75) is 38.0 Å². The maximum atomic E-state index is 12.7. The van der Waals surface area contributed by atoms with Crippen molar-refractivity contribution in [1.29, 1.82) is 0 Å². The Morgan fingerprint density at radius 1 is 1.33 bits per heavy atom. The van der Waals surface area contributed by atoms with Crippen LogP contribution in [0.1, 0.15) is 27.2 Å². The van der Waals surface area contributed by atoms with Crippen LogP contribution < -0.4 is 5.32 Å². The predicted molar refractivity (Wildman–Crippen MR) is 73.1 cm³/mol. The van der Waals surface area contributed by atoms with Gasteiger partial charge in [0.05, 0.1) is 4.75 Å². The van der Waals surface area contributed by atoms with Crippen molar-refractivity contribution >= 4 is 10.0 Å². The molecule has 0 aromatic heterocycles. The van der Waals surface area contributed by atoms with Gasteiger partial charge < -0.3 is 10.2 Å². The van der Waals surface area contributed by atoms with Gasteiger partial charge >= 0.3 is 0 Å². The van der Waals surface area contributed by atoms with Gasteiger partial charge in [0.15, 0.2) is 0 Å². The van der Waals surface area contributed by atoms with E-state index in [1.54, 1.807) is 4.31 Å². The van der Waals surface area contributed by atoms with Crippen molar-refractivity contribution in [1.82, 2.24) is 14.5 Å². The van der Waals surface area contributed by atoms with Crippen molar-refractivity contribution < 1.29 is 8.42 Å². The van der Waals surface area contributed by atoms with E-state index in [9.17, 15) is 8.42 Å². The van der Waals surface area contributed by atoms with Gasteiger partial charge in [-0.25, -0.2) is 8.42 Å². The fraction of sp³-hybridized carbons (Fsp3) is 1.00. The summed E-state index contributed by atoms with van der Waals surface area (Å²) in [5.74, 6) is 0. The van der Waals surface area contributed by atoms with Gasteiger partial charge in [-0.3, -0.25) is 0 Å². The highest BCUT2D eigenvalue weighted by Gasteiger charge is 2.44. The molecule has 1 unspecified atom stereocenters. The minimum absolute atomic E-state index is 0.161. The van der Waals surface area contributed by atoms with E-state index >= 15 is 0 Å². The van der Waals surface area contributed by atoms with Gasteiger partial charge in [-0.05, 0) is 33.4 Å². The Morgan fingerprint density at radius 2 is 2.06 bits per heavy atom. The number of likely N-dealkylation sites (tertiary alicyclic amines) is 1. The quantitative estimate of drug-likeness (QED) is 0.776. The van der Waals surface area contributed by atoms with Crippen LogP contribution in [-0.4, -0.2) is 67.7 Å². The molecule has 0 aromatic rings. The molecule has 0 spiro atoms. The van der Waals surface area contributed by atoms with Crippen molar-refractivity contribution in [3.05, 3.63) is 0 Å². The molecule has 0 radical (unpaired) electrons. The van der Waals surface area contributed by atoms with E-state index in [1.165, 1.54) is 0 Å². The topological polar surface area (TPSA) is 52.6 Å². The summed E-state index contributed by atoms with van der Waals surface area (Å²) >= 11 is 0. The zero-order valence-corrected chi connectivity index (χ0v) is 12.5.